The first kappa shape index (κ1) is 17.5. The molecule has 0 saturated carbocycles. The van der Waals surface area contributed by atoms with Crippen molar-refractivity contribution in [1.29, 1.82) is 0 Å². The number of rotatable bonds is 4. The highest BCUT2D eigenvalue weighted by molar-refractivity contribution is 5.68. The number of piperidine rings is 1. The smallest absolute Gasteiger partial charge is 0.410 e. The summed E-state index contributed by atoms with van der Waals surface area (Å²) in [5.74, 6) is 0.890. The van der Waals surface area contributed by atoms with Crippen LogP contribution in [0.5, 0.6) is 0 Å². The van der Waals surface area contributed by atoms with Gasteiger partial charge in [0.1, 0.15) is 5.60 Å². The van der Waals surface area contributed by atoms with Gasteiger partial charge in [-0.05, 0) is 59.0 Å². The van der Waals surface area contributed by atoms with Crippen LogP contribution in [-0.2, 0) is 4.74 Å². The Labute approximate surface area is 135 Å². The minimum Gasteiger partial charge on any atom is -0.444 e. The second kappa shape index (κ2) is 7.64. The summed E-state index contributed by atoms with van der Waals surface area (Å²) in [7, 11) is 0. The number of carbonyl (C=O) groups is 1. The summed E-state index contributed by atoms with van der Waals surface area (Å²) in [4.78, 5) is 16.4. The second-order valence-corrected chi connectivity index (χ2v) is 7.89. The van der Waals surface area contributed by atoms with Crippen molar-refractivity contribution in [2.45, 2.75) is 58.6 Å². The van der Waals surface area contributed by atoms with Gasteiger partial charge >= 0.3 is 6.09 Å². The van der Waals surface area contributed by atoms with Crippen LogP contribution in [0.25, 0.3) is 0 Å². The largest absolute Gasteiger partial charge is 0.444 e. The molecule has 0 aromatic heterocycles. The molecular formula is C17H33N3O2. The lowest BCUT2D eigenvalue weighted by atomic mass is 9.99. The zero-order valence-corrected chi connectivity index (χ0v) is 14.7. The summed E-state index contributed by atoms with van der Waals surface area (Å²) < 4.78 is 5.43. The van der Waals surface area contributed by atoms with Crippen LogP contribution in [0.4, 0.5) is 4.79 Å². The van der Waals surface area contributed by atoms with Crippen molar-refractivity contribution < 1.29 is 9.53 Å². The van der Waals surface area contributed by atoms with Crippen molar-refractivity contribution >= 4 is 6.09 Å². The maximum atomic E-state index is 12.0. The molecule has 2 heterocycles. The Kier molecular flexibility index (Phi) is 6.09. The van der Waals surface area contributed by atoms with Gasteiger partial charge in [0.15, 0.2) is 0 Å². The molecule has 2 aliphatic heterocycles. The minimum atomic E-state index is -0.409. The number of carbonyl (C=O) groups excluding carboxylic acids is 1. The summed E-state index contributed by atoms with van der Waals surface area (Å²) >= 11 is 0. The zero-order valence-electron chi connectivity index (χ0n) is 14.7. The molecule has 0 aromatic carbocycles. The van der Waals surface area contributed by atoms with E-state index < -0.39 is 5.60 Å². The fourth-order valence-electron chi connectivity index (χ4n) is 3.13. The van der Waals surface area contributed by atoms with Gasteiger partial charge in [0.2, 0.25) is 0 Å². The van der Waals surface area contributed by atoms with E-state index in [1.165, 1.54) is 25.9 Å². The van der Waals surface area contributed by atoms with Crippen LogP contribution >= 0.6 is 0 Å². The lowest BCUT2D eigenvalue weighted by molar-refractivity contribution is 0.0291. The van der Waals surface area contributed by atoms with E-state index >= 15 is 0 Å². The highest BCUT2D eigenvalue weighted by Gasteiger charge is 2.29. The molecule has 1 atom stereocenters. The maximum absolute atomic E-state index is 12.0. The fraction of sp³-hybridized carbons (Fsp3) is 0.941. The highest BCUT2D eigenvalue weighted by atomic mass is 16.6. The predicted octanol–water partition coefficient (Wildman–Crippen LogP) is 2.32. The van der Waals surface area contributed by atoms with Gasteiger partial charge in [0.05, 0.1) is 0 Å². The Morgan fingerprint density at radius 1 is 1.18 bits per heavy atom. The van der Waals surface area contributed by atoms with E-state index in [0.717, 1.165) is 38.5 Å². The normalized spacial score (nSPS) is 24.7. The number of hydrogen-bond acceptors (Lipinski definition) is 4. The van der Waals surface area contributed by atoms with E-state index in [0.29, 0.717) is 6.04 Å². The molecule has 2 fully saturated rings. The molecule has 2 aliphatic rings. The Bertz CT molecular complexity index is 359. The van der Waals surface area contributed by atoms with E-state index in [2.05, 4.69) is 17.1 Å². The van der Waals surface area contributed by atoms with Gasteiger partial charge in [0.25, 0.3) is 0 Å². The molecule has 128 valence electrons. The molecule has 22 heavy (non-hydrogen) atoms. The minimum absolute atomic E-state index is 0.179. The van der Waals surface area contributed by atoms with Crippen LogP contribution < -0.4 is 5.32 Å². The highest BCUT2D eigenvalue weighted by Crippen LogP contribution is 2.16. The zero-order chi connectivity index (χ0) is 16.2. The van der Waals surface area contributed by atoms with Crippen molar-refractivity contribution in [3.63, 3.8) is 0 Å². The number of nitrogens with one attached hydrogen (secondary N) is 1. The molecule has 1 amide bonds. The third-order valence-corrected chi connectivity index (χ3v) is 4.58. The van der Waals surface area contributed by atoms with Gasteiger partial charge in [-0.2, -0.15) is 0 Å². The Morgan fingerprint density at radius 2 is 1.86 bits per heavy atom. The Hall–Kier alpha value is -0.810. The van der Waals surface area contributed by atoms with E-state index in [4.69, 9.17) is 4.74 Å². The van der Waals surface area contributed by atoms with Gasteiger partial charge < -0.3 is 19.9 Å². The van der Waals surface area contributed by atoms with Gasteiger partial charge in [-0.1, -0.05) is 6.92 Å². The third kappa shape index (κ3) is 5.76. The quantitative estimate of drug-likeness (QED) is 0.865. The lowest BCUT2D eigenvalue weighted by Gasteiger charge is -2.30. The van der Waals surface area contributed by atoms with Crippen molar-refractivity contribution in [3.8, 4) is 0 Å². The van der Waals surface area contributed by atoms with E-state index in [9.17, 15) is 4.79 Å². The number of hydrogen-bond donors (Lipinski definition) is 1. The van der Waals surface area contributed by atoms with Crippen molar-refractivity contribution in [3.05, 3.63) is 0 Å². The molecule has 0 aromatic rings. The molecule has 2 saturated heterocycles. The maximum Gasteiger partial charge on any atom is 0.410 e. The first-order valence-corrected chi connectivity index (χ1v) is 8.77. The molecular weight excluding hydrogens is 278 g/mol. The van der Waals surface area contributed by atoms with Crippen molar-refractivity contribution in [2.24, 2.45) is 5.92 Å². The number of likely N-dealkylation sites (tertiary alicyclic amines) is 2. The van der Waals surface area contributed by atoms with Crippen molar-refractivity contribution in [1.82, 2.24) is 15.1 Å². The summed E-state index contributed by atoms with van der Waals surface area (Å²) in [6.07, 6.45) is 3.50. The molecule has 0 radical (unpaired) electrons. The second-order valence-electron chi connectivity index (χ2n) is 7.89. The third-order valence-electron chi connectivity index (χ3n) is 4.58. The molecule has 0 bridgehead atoms. The summed E-state index contributed by atoms with van der Waals surface area (Å²) in [6, 6.07) is 0.413. The lowest BCUT2D eigenvalue weighted by Crippen LogP contribution is -2.42. The van der Waals surface area contributed by atoms with Crippen molar-refractivity contribution in [2.75, 3.05) is 39.3 Å². The summed E-state index contributed by atoms with van der Waals surface area (Å²) in [5.41, 5.74) is -0.409. The predicted molar refractivity (Wildman–Crippen MR) is 89.1 cm³/mol. The van der Waals surface area contributed by atoms with E-state index in [-0.39, 0.29) is 6.09 Å². The van der Waals surface area contributed by atoms with Gasteiger partial charge in [-0.25, -0.2) is 4.79 Å². The Balaban J connectivity index is 1.61. The Morgan fingerprint density at radius 3 is 2.50 bits per heavy atom. The van der Waals surface area contributed by atoms with Crippen LogP contribution in [0.15, 0.2) is 0 Å². The fourth-order valence-corrected chi connectivity index (χ4v) is 3.13. The molecule has 1 N–H and O–H groups in total. The standard InChI is InChI=1S/C17H33N3O2/c1-14-5-9-19(10-6-14)12-8-18-15-7-11-20(13-15)16(21)22-17(2,3)4/h14-15,18H,5-13H2,1-4H3. The van der Waals surface area contributed by atoms with Crippen LogP contribution in [0, 0.1) is 5.92 Å². The molecule has 1 unspecified atom stereocenters. The first-order valence-electron chi connectivity index (χ1n) is 8.77. The molecule has 0 aliphatic carbocycles. The van der Waals surface area contributed by atoms with E-state index in [1.807, 2.05) is 25.7 Å². The van der Waals surface area contributed by atoms with Gasteiger partial charge in [-0.15, -0.1) is 0 Å². The first-order chi connectivity index (χ1) is 10.3. The molecule has 5 nitrogen and oxygen atoms in total. The monoisotopic (exact) mass is 311 g/mol. The molecule has 0 spiro atoms. The summed E-state index contributed by atoms with van der Waals surface area (Å²) in [5, 5.41) is 3.60. The van der Waals surface area contributed by atoms with Crippen LogP contribution in [-0.4, -0.2) is 66.8 Å². The number of nitrogens with zero attached hydrogens (tertiary/aromatic N) is 2. The topological polar surface area (TPSA) is 44.8 Å². The van der Waals surface area contributed by atoms with Crippen LogP contribution in [0.2, 0.25) is 0 Å². The van der Waals surface area contributed by atoms with E-state index in [1.54, 1.807) is 0 Å². The average Bonchev–Trinajstić information content (AvgIpc) is 2.88. The number of amides is 1. The van der Waals surface area contributed by atoms with Crippen LogP contribution in [0.1, 0.15) is 47.0 Å². The molecule has 5 heteroatoms. The molecule has 2 rings (SSSR count). The number of ether oxygens (including phenoxy) is 1. The van der Waals surface area contributed by atoms with Crippen LogP contribution in [0.3, 0.4) is 0 Å². The van der Waals surface area contributed by atoms with Gasteiger partial charge in [-0.3, -0.25) is 0 Å². The summed E-state index contributed by atoms with van der Waals surface area (Å²) in [6.45, 7) is 14.3. The average molecular weight is 311 g/mol. The SMILES string of the molecule is CC1CCN(CCNC2CCN(C(=O)OC(C)(C)C)C2)CC1. The van der Waals surface area contributed by atoms with Gasteiger partial charge in [0, 0.05) is 32.2 Å².